The average molecular weight is 292 g/mol. The monoisotopic (exact) mass is 292 g/mol. The van der Waals surface area contributed by atoms with E-state index >= 15 is 0 Å². The third kappa shape index (κ3) is 3.18. The van der Waals surface area contributed by atoms with E-state index in [0.29, 0.717) is 25.1 Å². The van der Waals surface area contributed by atoms with Gasteiger partial charge in [0.1, 0.15) is 0 Å². The first kappa shape index (κ1) is 15.8. The van der Waals surface area contributed by atoms with Crippen molar-refractivity contribution < 1.29 is 14.7 Å². The number of nitrogens with zero attached hydrogens (tertiary/aromatic N) is 2. The topological polar surface area (TPSA) is 62.5 Å². The van der Waals surface area contributed by atoms with Gasteiger partial charge in [0.2, 0.25) is 0 Å². The molecule has 2 heterocycles. The fourth-order valence-electron chi connectivity index (χ4n) is 3.17. The number of carboxylic acid groups (broad SMARTS) is 1. The van der Waals surface area contributed by atoms with Crippen molar-refractivity contribution in [1.29, 1.82) is 0 Å². The number of Topliss-reactive ketones (excluding diaryl/α,β-unsaturated/α-hetero) is 1. The molecule has 21 heavy (non-hydrogen) atoms. The maximum absolute atomic E-state index is 11.6. The highest BCUT2D eigenvalue weighted by molar-refractivity contribution is 5.94. The summed E-state index contributed by atoms with van der Waals surface area (Å²) < 4.78 is 1.96. The van der Waals surface area contributed by atoms with Gasteiger partial charge in [-0.3, -0.25) is 14.5 Å². The Morgan fingerprint density at radius 3 is 2.67 bits per heavy atom. The summed E-state index contributed by atoms with van der Waals surface area (Å²) in [6.07, 6.45) is 4.15. The van der Waals surface area contributed by atoms with Crippen LogP contribution < -0.4 is 0 Å². The molecule has 0 bridgehead atoms. The number of rotatable bonds is 5. The Balaban J connectivity index is 2.13. The average Bonchev–Trinajstić information content (AvgIpc) is 2.80. The van der Waals surface area contributed by atoms with Crippen molar-refractivity contribution in [2.24, 2.45) is 12.5 Å². The third-order valence-electron chi connectivity index (χ3n) is 4.69. The Bertz CT molecular complexity index is 550. The minimum Gasteiger partial charge on any atom is -0.481 e. The van der Waals surface area contributed by atoms with E-state index in [1.165, 1.54) is 0 Å². The van der Waals surface area contributed by atoms with Crippen molar-refractivity contribution in [1.82, 2.24) is 9.47 Å². The van der Waals surface area contributed by atoms with Crippen LogP contribution in [0.2, 0.25) is 0 Å². The van der Waals surface area contributed by atoms with Crippen LogP contribution in [0.25, 0.3) is 0 Å². The summed E-state index contributed by atoms with van der Waals surface area (Å²) >= 11 is 0. The van der Waals surface area contributed by atoms with Gasteiger partial charge in [-0.15, -0.1) is 0 Å². The zero-order chi connectivity index (χ0) is 15.6. The molecule has 1 atom stereocenters. The Morgan fingerprint density at radius 1 is 1.43 bits per heavy atom. The second kappa shape index (κ2) is 6.02. The van der Waals surface area contributed by atoms with Gasteiger partial charge in [0, 0.05) is 37.6 Å². The van der Waals surface area contributed by atoms with Crippen molar-refractivity contribution in [2.75, 3.05) is 13.1 Å². The molecule has 1 aliphatic rings. The lowest BCUT2D eigenvalue weighted by Crippen LogP contribution is -2.47. The molecule has 1 aliphatic heterocycles. The van der Waals surface area contributed by atoms with E-state index in [1.54, 1.807) is 6.92 Å². The molecule has 0 radical (unpaired) electrons. The van der Waals surface area contributed by atoms with Gasteiger partial charge in [0.05, 0.1) is 5.41 Å². The number of ketones is 1. The molecular weight excluding hydrogens is 268 g/mol. The van der Waals surface area contributed by atoms with Gasteiger partial charge >= 0.3 is 5.97 Å². The first-order valence-electron chi connectivity index (χ1n) is 7.50. The number of likely N-dealkylation sites (tertiary alicyclic amines) is 1. The Morgan fingerprint density at radius 2 is 2.14 bits per heavy atom. The normalized spacial score (nSPS) is 23.2. The molecule has 0 aromatic carbocycles. The molecule has 0 aliphatic carbocycles. The van der Waals surface area contributed by atoms with Gasteiger partial charge in [-0.25, -0.2) is 0 Å². The second-order valence-corrected chi connectivity index (χ2v) is 6.14. The predicted octanol–water partition coefficient (Wildman–Crippen LogP) is 2.30. The van der Waals surface area contributed by atoms with Crippen LogP contribution in [-0.2, 0) is 18.4 Å². The summed E-state index contributed by atoms with van der Waals surface area (Å²) in [7, 11) is 1.93. The largest absolute Gasteiger partial charge is 0.481 e. The van der Waals surface area contributed by atoms with Gasteiger partial charge in [-0.2, -0.15) is 0 Å². The molecular formula is C16H24N2O3. The maximum Gasteiger partial charge on any atom is 0.310 e. The number of carbonyl (C=O) groups excluding carboxylic acids is 1. The highest BCUT2D eigenvalue weighted by Gasteiger charge is 2.40. The molecule has 5 heteroatoms. The van der Waals surface area contributed by atoms with Gasteiger partial charge in [-0.05, 0) is 38.8 Å². The molecule has 1 aromatic heterocycles. The summed E-state index contributed by atoms with van der Waals surface area (Å²) in [6, 6.07) is 1.91. The Kier molecular flexibility index (Phi) is 4.52. The fourth-order valence-corrected chi connectivity index (χ4v) is 3.17. The van der Waals surface area contributed by atoms with Crippen molar-refractivity contribution in [3.8, 4) is 0 Å². The zero-order valence-corrected chi connectivity index (χ0v) is 13.1. The van der Waals surface area contributed by atoms with E-state index in [1.807, 2.05) is 30.8 Å². The van der Waals surface area contributed by atoms with Crippen LogP contribution in [-0.4, -0.2) is 39.4 Å². The van der Waals surface area contributed by atoms with E-state index in [0.717, 1.165) is 25.1 Å². The maximum atomic E-state index is 11.6. The number of aromatic nitrogens is 1. The molecule has 116 valence electrons. The highest BCUT2D eigenvalue weighted by atomic mass is 16.4. The fraction of sp³-hybridized carbons (Fsp3) is 0.625. The van der Waals surface area contributed by atoms with Crippen LogP contribution in [0.1, 0.15) is 49.2 Å². The van der Waals surface area contributed by atoms with E-state index < -0.39 is 11.4 Å². The lowest BCUT2D eigenvalue weighted by atomic mass is 9.77. The SMILES string of the molecule is CCC1(C(=O)O)CCCN(Cc2cc(C(C)=O)cn2C)C1. The molecule has 1 saturated heterocycles. The third-order valence-corrected chi connectivity index (χ3v) is 4.69. The van der Waals surface area contributed by atoms with E-state index in [4.69, 9.17) is 0 Å². The van der Waals surface area contributed by atoms with E-state index in [9.17, 15) is 14.7 Å². The summed E-state index contributed by atoms with van der Waals surface area (Å²) in [5.41, 5.74) is 1.15. The van der Waals surface area contributed by atoms with Crippen molar-refractivity contribution in [2.45, 2.75) is 39.7 Å². The van der Waals surface area contributed by atoms with E-state index in [-0.39, 0.29) is 5.78 Å². The van der Waals surface area contributed by atoms with Crippen LogP contribution in [0.4, 0.5) is 0 Å². The molecule has 1 unspecified atom stereocenters. The zero-order valence-electron chi connectivity index (χ0n) is 13.1. The molecule has 1 N–H and O–H groups in total. The van der Waals surface area contributed by atoms with Gasteiger partial charge in [0.25, 0.3) is 0 Å². The lowest BCUT2D eigenvalue weighted by molar-refractivity contribution is -0.153. The number of aliphatic carboxylic acids is 1. The highest BCUT2D eigenvalue weighted by Crippen LogP contribution is 2.34. The summed E-state index contributed by atoms with van der Waals surface area (Å²) in [4.78, 5) is 25.2. The Hall–Kier alpha value is -1.62. The van der Waals surface area contributed by atoms with Crippen LogP contribution >= 0.6 is 0 Å². The Labute approximate surface area is 125 Å². The summed E-state index contributed by atoms with van der Waals surface area (Å²) in [5, 5.41) is 9.53. The van der Waals surface area contributed by atoms with Crippen LogP contribution in [0.3, 0.4) is 0 Å². The van der Waals surface area contributed by atoms with Crippen molar-refractivity contribution in [3.63, 3.8) is 0 Å². The van der Waals surface area contributed by atoms with Crippen LogP contribution in [0.15, 0.2) is 12.3 Å². The number of carbonyl (C=O) groups is 2. The van der Waals surface area contributed by atoms with Crippen LogP contribution in [0.5, 0.6) is 0 Å². The molecule has 2 rings (SSSR count). The number of hydrogen-bond donors (Lipinski definition) is 1. The quantitative estimate of drug-likeness (QED) is 0.846. The number of carboxylic acids is 1. The molecule has 0 saturated carbocycles. The second-order valence-electron chi connectivity index (χ2n) is 6.14. The van der Waals surface area contributed by atoms with E-state index in [2.05, 4.69) is 4.90 Å². The minimum absolute atomic E-state index is 0.0592. The summed E-state index contributed by atoms with van der Waals surface area (Å²) in [6.45, 7) is 5.70. The first-order valence-corrected chi connectivity index (χ1v) is 7.50. The van der Waals surface area contributed by atoms with Gasteiger partial charge in [-0.1, -0.05) is 6.92 Å². The van der Waals surface area contributed by atoms with Crippen LogP contribution in [0, 0.1) is 5.41 Å². The van der Waals surface area contributed by atoms with Crippen molar-refractivity contribution in [3.05, 3.63) is 23.5 Å². The predicted molar refractivity (Wildman–Crippen MR) is 80.3 cm³/mol. The van der Waals surface area contributed by atoms with Gasteiger partial charge in [0.15, 0.2) is 5.78 Å². The number of piperidine rings is 1. The number of aryl methyl sites for hydroxylation is 1. The molecule has 1 aromatic rings. The minimum atomic E-state index is -0.689. The van der Waals surface area contributed by atoms with Gasteiger partial charge < -0.3 is 9.67 Å². The molecule has 1 fully saturated rings. The summed E-state index contributed by atoms with van der Waals surface area (Å²) in [5.74, 6) is -0.630. The first-order chi connectivity index (χ1) is 9.88. The molecule has 0 amide bonds. The molecule has 0 spiro atoms. The van der Waals surface area contributed by atoms with Crippen molar-refractivity contribution >= 4 is 11.8 Å². The standard InChI is InChI=1S/C16H24N2O3/c1-4-16(15(20)21)6-5-7-18(11-16)10-14-8-13(12(2)19)9-17(14)3/h8-9H,4-7,10-11H2,1-3H3,(H,20,21). The lowest BCUT2D eigenvalue weighted by Gasteiger charge is -2.39. The number of hydrogen-bond acceptors (Lipinski definition) is 3. The smallest absolute Gasteiger partial charge is 0.310 e. The molecule has 5 nitrogen and oxygen atoms in total.